The number of carbonyl (C=O) groups excluding carboxylic acids is 1. The van der Waals surface area contributed by atoms with Crippen LogP contribution in [0.3, 0.4) is 0 Å². The molecule has 5 nitrogen and oxygen atoms in total. The highest BCUT2D eigenvalue weighted by Crippen LogP contribution is 2.22. The van der Waals surface area contributed by atoms with Crippen LogP contribution in [0, 0.1) is 9.49 Å². The van der Waals surface area contributed by atoms with Gasteiger partial charge in [-0.1, -0.05) is 19.9 Å². The molecule has 0 unspecified atom stereocenters. The van der Waals surface area contributed by atoms with E-state index in [1.807, 2.05) is 24.3 Å². The van der Waals surface area contributed by atoms with Gasteiger partial charge in [-0.25, -0.2) is 0 Å². The fourth-order valence-corrected chi connectivity index (χ4v) is 3.17. The summed E-state index contributed by atoms with van der Waals surface area (Å²) in [6.07, 6.45) is 0.993. The second kappa shape index (κ2) is 10.5. The Labute approximate surface area is 179 Å². The number of halogens is 1. The van der Waals surface area contributed by atoms with Crippen molar-refractivity contribution in [2.45, 2.75) is 20.3 Å². The third-order valence-corrected chi connectivity index (χ3v) is 4.74. The van der Waals surface area contributed by atoms with Gasteiger partial charge in [-0.15, -0.1) is 0 Å². The Morgan fingerprint density at radius 2 is 2.00 bits per heavy atom. The number of hydrogen-bond acceptors (Lipinski definition) is 4. The molecule has 0 aliphatic rings. The predicted octanol–water partition coefficient (Wildman–Crippen LogP) is 4.85. The fraction of sp³-hybridized carbons (Fsp3) is 0.300. The molecule has 0 atom stereocenters. The first-order valence-electron chi connectivity index (χ1n) is 8.57. The molecule has 0 fully saturated rings. The molecule has 0 saturated carbocycles. The van der Waals surface area contributed by atoms with Crippen molar-refractivity contribution < 1.29 is 14.3 Å². The number of nitrogens with one attached hydrogen (secondary N) is 2. The molecule has 0 radical (unpaired) electrons. The Balaban J connectivity index is 1.93. The van der Waals surface area contributed by atoms with E-state index in [0.717, 1.165) is 27.2 Å². The maximum atomic E-state index is 12.4. The molecule has 2 aromatic rings. The van der Waals surface area contributed by atoms with E-state index in [4.69, 9.17) is 21.7 Å². The molecule has 0 spiro atoms. The summed E-state index contributed by atoms with van der Waals surface area (Å²) in [6.45, 7) is 4.98. The van der Waals surface area contributed by atoms with E-state index in [9.17, 15) is 4.79 Å². The standard InChI is InChI=1S/C20H23IN2O3S/c1-13(2)9-10-26-16-6-4-5-15(12-16)22-20(27)23-19(24)14-7-8-18(25-3)17(21)11-14/h4-8,11-13H,9-10H2,1-3H3,(H2,22,23,24,27). The van der Waals surface area contributed by atoms with Gasteiger partial charge in [0.2, 0.25) is 0 Å². The maximum Gasteiger partial charge on any atom is 0.257 e. The van der Waals surface area contributed by atoms with Gasteiger partial charge in [-0.05, 0) is 77.5 Å². The summed E-state index contributed by atoms with van der Waals surface area (Å²) in [7, 11) is 1.59. The van der Waals surface area contributed by atoms with Crippen molar-refractivity contribution in [2.75, 3.05) is 19.0 Å². The zero-order chi connectivity index (χ0) is 19.8. The van der Waals surface area contributed by atoms with Gasteiger partial charge in [0, 0.05) is 17.3 Å². The van der Waals surface area contributed by atoms with Gasteiger partial charge in [0.05, 0.1) is 17.3 Å². The van der Waals surface area contributed by atoms with Crippen molar-refractivity contribution in [1.29, 1.82) is 0 Å². The van der Waals surface area contributed by atoms with Crippen LogP contribution in [0.2, 0.25) is 0 Å². The molecule has 0 aromatic heterocycles. The summed E-state index contributed by atoms with van der Waals surface area (Å²) in [6, 6.07) is 12.7. The number of benzene rings is 2. The highest BCUT2D eigenvalue weighted by atomic mass is 127. The van der Waals surface area contributed by atoms with Crippen LogP contribution in [0.15, 0.2) is 42.5 Å². The van der Waals surface area contributed by atoms with E-state index in [1.165, 1.54) is 0 Å². The SMILES string of the molecule is COc1ccc(C(=O)NC(=S)Nc2cccc(OCCC(C)C)c2)cc1I. The third kappa shape index (κ3) is 6.99. The monoisotopic (exact) mass is 498 g/mol. The number of amides is 1. The van der Waals surface area contributed by atoms with Crippen LogP contribution in [0.4, 0.5) is 5.69 Å². The average Bonchev–Trinajstić information content (AvgIpc) is 2.61. The van der Waals surface area contributed by atoms with Crippen LogP contribution in [0.25, 0.3) is 0 Å². The van der Waals surface area contributed by atoms with Crippen molar-refractivity contribution >= 4 is 51.5 Å². The van der Waals surface area contributed by atoms with Gasteiger partial charge in [-0.2, -0.15) is 0 Å². The van der Waals surface area contributed by atoms with Crippen LogP contribution in [-0.4, -0.2) is 24.7 Å². The predicted molar refractivity (Wildman–Crippen MR) is 121 cm³/mol. The van der Waals surface area contributed by atoms with E-state index < -0.39 is 0 Å². The fourth-order valence-electron chi connectivity index (χ4n) is 2.22. The van der Waals surface area contributed by atoms with Gasteiger partial charge < -0.3 is 14.8 Å². The normalized spacial score (nSPS) is 10.4. The summed E-state index contributed by atoms with van der Waals surface area (Å²) in [4.78, 5) is 12.4. The zero-order valence-electron chi connectivity index (χ0n) is 15.5. The van der Waals surface area contributed by atoms with Crippen LogP contribution < -0.4 is 20.1 Å². The molecule has 1 amide bonds. The Kier molecular flexibility index (Phi) is 8.30. The quantitative estimate of drug-likeness (QED) is 0.422. The van der Waals surface area contributed by atoms with E-state index in [2.05, 4.69) is 47.1 Å². The molecule has 2 N–H and O–H groups in total. The second-order valence-electron chi connectivity index (χ2n) is 6.32. The lowest BCUT2D eigenvalue weighted by molar-refractivity contribution is 0.0977. The van der Waals surface area contributed by atoms with E-state index in [-0.39, 0.29) is 11.0 Å². The smallest absolute Gasteiger partial charge is 0.257 e. The lowest BCUT2D eigenvalue weighted by Crippen LogP contribution is -2.34. The minimum atomic E-state index is -0.280. The number of methoxy groups -OCH3 is 1. The number of rotatable bonds is 7. The highest BCUT2D eigenvalue weighted by Gasteiger charge is 2.11. The lowest BCUT2D eigenvalue weighted by Gasteiger charge is -2.12. The number of hydrogen-bond donors (Lipinski definition) is 2. The summed E-state index contributed by atoms with van der Waals surface area (Å²) < 4.78 is 11.8. The first-order chi connectivity index (χ1) is 12.9. The summed E-state index contributed by atoms with van der Waals surface area (Å²) in [5.74, 6) is 1.80. The number of anilines is 1. The number of thiocarbonyl (C=S) groups is 1. The Bertz CT molecular complexity index is 812. The van der Waals surface area contributed by atoms with Gasteiger partial charge in [0.1, 0.15) is 11.5 Å². The Morgan fingerprint density at radius 1 is 1.22 bits per heavy atom. The lowest BCUT2D eigenvalue weighted by atomic mass is 10.1. The minimum absolute atomic E-state index is 0.227. The molecule has 0 bridgehead atoms. The average molecular weight is 498 g/mol. The van der Waals surface area contributed by atoms with Crippen LogP contribution >= 0.6 is 34.8 Å². The van der Waals surface area contributed by atoms with Crippen molar-refractivity contribution in [2.24, 2.45) is 5.92 Å². The van der Waals surface area contributed by atoms with Crippen molar-refractivity contribution in [1.82, 2.24) is 5.32 Å². The summed E-state index contributed by atoms with van der Waals surface area (Å²) in [5.41, 5.74) is 1.27. The van der Waals surface area contributed by atoms with Gasteiger partial charge in [0.15, 0.2) is 5.11 Å². The molecular weight excluding hydrogens is 475 g/mol. The molecule has 2 aromatic carbocycles. The zero-order valence-corrected chi connectivity index (χ0v) is 18.5. The van der Waals surface area contributed by atoms with Crippen molar-refractivity contribution in [3.05, 3.63) is 51.6 Å². The molecular formula is C20H23IN2O3S. The molecule has 144 valence electrons. The van der Waals surface area contributed by atoms with Crippen LogP contribution in [-0.2, 0) is 0 Å². The molecule has 0 saturated heterocycles. The number of carbonyl (C=O) groups is 1. The molecule has 7 heteroatoms. The van der Waals surface area contributed by atoms with Crippen molar-refractivity contribution in [3.63, 3.8) is 0 Å². The molecule has 2 rings (SSSR count). The van der Waals surface area contributed by atoms with E-state index in [1.54, 1.807) is 25.3 Å². The van der Waals surface area contributed by atoms with Gasteiger partial charge >= 0.3 is 0 Å². The first-order valence-corrected chi connectivity index (χ1v) is 10.1. The summed E-state index contributed by atoms with van der Waals surface area (Å²) >= 11 is 7.37. The van der Waals surface area contributed by atoms with E-state index >= 15 is 0 Å². The summed E-state index contributed by atoms with van der Waals surface area (Å²) in [5, 5.41) is 5.92. The minimum Gasteiger partial charge on any atom is -0.496 e. The van der Waals surface area contributed by atoms with Crippen molar-refractivity contribution in [3.8, 4) is 11.5 Å². The topological polar surface area (TPSA) is 59.6 Å². The van der Waals surface area contributed by atoms with Gasteiger partial charge in [0.25, 0.3) is 5.91 Å². The first kappa shape index (κ1) is 21.4. The highest BCUT2D eigenvalue weighted by molar-refractivity contribution is 14.1. The number of ether oxygens (including phenoxy) is 2. The van der Waals surface area contributed by atoms with Gasteiger partial charge in [-0.3, -0.25) is 10.1 Å². The second-order valence-corrected chi connectivity index (χ2v) is 7.89. The maximum absolute atomic E-state index is 12.4. The Morgan fingerprint density at radius 3 is 2.67 bits per heavy atom. The third-order valence-electron chi connectivity index (χ3n) is 3.70. The largest absolute Gasteiger partial charge is 0.496 e. The molecule has 27 heavy (non-hydrogen) atoms. The molecule has 0 heterocycles. The van der Waals surface area contributed by atoms with Crippen LogP contribution in [0.5, 0.6) is 11.5 Å². The molecule has 0 aliphatic heterocycles. The van der Waals surface area contributed by atoms with E-state index in [0.29, 0.717) is 18.1 Å². The van der Waals surface area contributed by atoms with Crippen LogP contribution in [0.1, 0.15) is 30.6 Å². The molecule has 0 aliphatic carbocycles. The Hall–Kier alpha value is -1.87.